The summed E-state index contributed by atoms with van der Waals surface area (Å²) in [5, 5.41) is 0. The van der Waals surface area contributed by atoms with E-state index in [0.717, 1.165) is 37.4 Å². The zero-order chi connectivity index (χ0) is 24.3. The molecule has 0 atom stereocenters. The predicted octanol–water partition coefficient (Wildman–Crippen LogP) is 7.05. The van der Waals surface area contributed by atoms with Crippen LogP contribution in [-0.2, 0) is 24.8 Å². The molecule has 0 radical (unpaired) electrons. The maximum atomic E-state index is 5.62. The molecule has 0 saturated heterocycles. The Bertz CT molecular complexity index is 1250. The molecule has 4 aromatic carbocycles. The number of benzene rings is 4. The number of hydrogen-bond donors (Lipinski definition) is 0. The summed E-state index contributed by atoms with van der Waals surface area (Å²) in [7, 11) is 3.39. The number of methoxy groups -OCH3 is 2. The molecule has 1 aliphatic heterocycles. The number of halogens is 1. The Morgan fingerprint density at radius 2 is 1.29 bits per heavy atom. The summed E-state index contributed by atoms with van der Waals surface area (Å²) in [5.74, 6) is 1.54. The van der Waals surface area contributed by atoms with E-state index in [4.69, 9.17) is 9.47 Å². The minimum Gasteiger partial charge on any atom is -0.493 e. The fraction of sp³-hybridized carbons (Fsp3) is 0.226. The van der Waals surface area contributed by atoms with Crippen LogP contribution in [0.2, 0.25) is 0 Å². The SMILES string of the molecule is COc1cc(I)c(CN2CC(Cc3ccccc3)(Cc3ccccc3)c3ccccc32)cc1OC. The molecule has 0 spiro atoms. The highest BCUT2D eigenvalue weighted by Gasteiger charge is 2.42. The number of para-hydroxylation sites is 1. The monoisotopic (exact) mass is 575 g/mol. The van der Waals surface area contributed by atoms with Gasteiger partial charge in [0.1, 0.15) is 0 Å². The summed E-state index contributed by atoms with van der Waals surface area (Å²) in [5.41, 5.74) is 6.74. The van der Waals surface area contributed by atoms with Crippen molar-refractivity contribution in [3.63, 3.8) is 0 Å². The van der Waals surface area contributed by atoms with E-state index in [2.05, 4.69) is 125 Å². The first kappa shape index (κ1) is 23.7. The number of hydrogen-bond acceptors (Lipinski definition) is 3. The molecule has 0 aromatic heterocycles. The smallest absolute Gasteiger partial charge is 0.161 e. The van der Waals surface area contributed by atoms with Gasteiger partial charge in [0.05, 0.1) is 14.2 Å². The molecule has 0 unspecified atom stereocenters. The van der Waals surface area contributed by atoms with Crippen molar-refractivity contribution in [2.75, 3.05) is 25.7 Å². The van der Waals surface area contributed by atoms with Gasteiger partial charge in [-0.15, -0.1) is 0 Å². The molecule has 0 bridgehead atoms. The first-order valence-electron chi connectivity index (χ1n) is 11.9. The third-order valence-corrected chi connectivity index (χ3v) is 8.00. The third kappa shape index (κ3) is 4.90. The summed E-state index contributed by atoms with van der Waals surface area (Å²) >= 11 is 2.41. The lowest BCUT2D eigenvalue weighted by molar-refractivity contribution is 0.354. The molecule has 178 valence electrons. The highest BCUT2D eigenvalue weighted by atomic mass is 127. The molecule has 1 aliphatic rings. The van der Waals surface area contributed by atoms with Crippen molar-refractivity contribution in [2.45, 2.75) is 24.8 Å². The molecule has 4 heteroatoms. The van der Waals surface area contributed by atoms with E-state index >= 15 is 0 Å². The van der Waals surface area contributed by atoms with Crippen LogP contribution in [0.4, 0.5) is 5.69 Å². The standard InChI is InChI=1S/C31H30INO2/c1-34-29-17-25(27(32)18-30(29)35-2)21-33-22-31(19-23-11-5-3-6-12-23,20-24-13-7-4-8-14-24)26-15-9-10-16-28(26)33/h3-18H,19-22H2,1-2H3. The Morgan fingerprint density at radius 3 is 1.89 bits per heavy atom. The lowest BCUT2D eigenvalue weighted by atomic mass is 9.73. The zero-order valence-corrected chi connectivity index (χ0v) is 22.4. The van der Waals surface area contributed by atoms with E-state index in [9.17, 15) is 0 Å². The number of rotatable bonds is 8. The van der Waals surface area contributed by atoms with Crippen LogP contribution in [0.5, 0.6) is 11.5 Å². The largest absolute Gasteiger partial charge is 0.493 e. The predicted molar refractivity (Wildman–Crippen MR) is 152 cm³/mol. The van der Waals surface area contributed by atoms with Gasteiger partial charge in [-0.25, -0.2) is 0 Å². The lowest BCUT2D eigenvalue weighted by Crippen LogP contribution is -2.37. The minimum absolute atomic E-state index is 0.0126. The van der Waals surface area contributed by atoms with Crippen molar-refractivity contribution in [3.05, 3.63) is 123 Å². The highest BCUT2D eigenvalue weighted by molar-refractivity contribution is 14.1. The number of ether oxygens (including phenoxy) is 2. The topological polar surface area (TPSA) is 21.7 Å². The molecule has 0 N–H and O–H groups in total. The van der Waals surface area contributed by atoms with Crippen LogP contribution in [0, 0.1) is 3.57 Å². The molecule has 4 aromatic rings. The van der Waals surface area contributed by atoms with Gasteiger partial charge >= 0.3 is 0 Å². The lowest BCUT2D eigenvalue weighted by Gasteiger charge is -2.32. The van der Waals surface area contributed by atoms with Gasteiger partial charge in [-0.1, -0.05) is 78.9 Å². The van der Waals surface area contributed by atoms with Crippen molar-refractivity contribution in [2.24, 2.45) is 0 Å². The Kier molecular flexibility index (Phi) is 7.00. The fourth-order valence-corrected chi connectivity index (χ4v) is 6.04. The Balaban J connectivity index is 1.56. The van der Waals surface area contributed by atoms with Gasteiger partial charge in [0.2, 0.25) is 0 Å². The van der Waals surface area contributed by atoms with E-state index in [1.807, 2.05) is 0 Å². The van der Waals surface area contributed by atoms with E-state index in [1.165, 1.54) is 31.5 Å². The average molecular weight is 575 g/mol. The van der Waals surface area contributed by atoms with Crippen LogP contribution in [0.3, 0.4) is 0 Å². The second-order valence-electron chi connectivity index (χ2n) is 9.28. The van der Waals surface area contributed by atoms with Crippen LogP contribution < -0.4 is 14.4 Å². The highest BCUT2D eigenvalue weighted by Crippen LogP contribution is 2.46. The Labute approximate surface area is 221 Å². The summed E-state index contributed by atoms with van der Waals surface area (Å²) in [4.78, 5) is 2.55. The van der Waals surface area contributed by atoms with Gasteiger partial charge in [0, 0.05) is 27.8 Å². The van der Waals surface area contributed by atoms with Gasteiger partial charge < -0.3 is 14.4 Å². The van der Waals surface area contributed by atoms with E-state index in [-0.39, 0.29) is 5.41 Å². The van der Waals surface area contributed by atoms with Crippen LogP contribution >= 0.6 is 22.6 Å². The molecule has 0 aliphatic carbocycles. The van der Waals surface area contributed by atoms with E-state index < -0.39 is 0 Å². The maximum absolute atomic E-state index is 5.62. The van der Waals surface area contributed by atoms with Gasteiger partial charge in [-0.2, -0.15) is 0 Å². The van der Waals surface area contributed by atoms with Gasteiger partial charge in [-0.05, 0) is 75.9 Å². The summed E-state index contributed by atoms with van der Waals surface area (Å²) in [6.07, 6.45) is 2.00. The number of nitrogens with zero attached hydrogens (tertiary/aromatic N) is 1. The minimum atomic E-state index is -0.0126. The maximum Gasteiger partial charge on any atom is 0.161 e. The van der Waals surface area contributed by atoms with Crippen LogP contribution in [0.25, 0.3) is 0 Å². The summed E-state index contributed by atoms with van der Waals surface area (Å²) in [6.45, 7) is 1.78. The first-order chi connectivity index (χ1) is 17.1. The van der Waals surface area contributed by atoms with Crippen molar-refractivity contribution in [1.29, 1.82) is 0 Å². The molecular formula is C31H30INO2. The van der Waals surface area contributed by atoms with Crippen molar-refractivity contribution >= 4 is 28.3 Å². The molecule has 5 rings (SSSR count). The van der Waals surface area contributed by atoms with Crippen molar-refractivity contribution in [3.8, 4) is 11.5 Å². The zero-order valence-electron chi connectivity index (χ0n) is 20.2. The van der Waals surface area contributed by atoms with Crippen molar-refractivity contribution < 1.29 is 9.47 Å². The van der Waals surface area contributed by atoms with E-state index in [0.29, 0.717) is 0 Å². The van der Waals surface area contributed by atoms with Crippen molar-refractivity contribution in [1.82, 2.24) is 0 Å². The van der Waals surface area contributed by atoms with Gasteiger partial charge in [0.25, 0.3) is 0 Å². The normalized spacial score (nSPS) is 14.0. The van der Waals surface area contributed by atoms with Gasteiger partial charge in [0.15, 0.2) is 11.5 Å². The number of fused-ring (bicyclic) bond motifs is 1. The first-order valence-corrected chi connectivity index (χ1v) is 13.0. The van der Waals surface area contributed by atoms with Crippen LogP contribution in [0.15, 0.2) is 97.1 Å². The van der Waals surface area contributed by atoms with Crippen LogP contribution in [-0.4, -0.2) is 20.8 Å². The van der Waals surface area contributed by atoms with Crippen LogP contribution in [0.1, 0.15) is 22.3 Å². The second kappa shape index (κ2) is 10.3. The second-order valence-corrected chi connectivity index (χ2v) is 10.4. The molecule has 0 amide bonds. The summed E-state index contributed by atoms with van der Waals surface area (Å²) < 4.78 is 12.3. The number of anilines is 1. The molecular weight excluding hydrogens is 545 g/mol. The molecule has 0 fully saturated rings. The summed E-state index contributed by atoms with van der Waals surface area (Å²) in [6, 6.07) is 35.0. The van der Waals surface area contributed by atoms with E-state index in [1.54, 1.807) is 14.2 Å². The molecule has 1 heterocycles. The third-order valence-electron chi connectivity index (χ3n) is 6.99. The molecule has 3 nitrogen and oxygen atoms in total. The van der Waals surface area contributed by atoms with Gasteiger partial charge in [-0.3, -0.25) is 0 Å². The fourth-order valence-electron chi connectivity index (χ4n) is 5.44. The Hall–Kier alpha value is -2.99. The molecule has 0 saturated carbocycles. The molecule has 35 heavy (non-hydrogen) atoms. The average Bonchev–Trinajstić information content (AvgIpc) is 3.18. The Morgan fingerprint density at radius 1 is 0.743 bits per heavy atom. The quantitative estimate of drug-likeness (QED) is 0.210.